The molecule has 4 rings (SSSR count). The Bertz CT molecular complexity index is 1190. The van der Waals surface area contributed by atoms with Crippen LogP contribution < -0.4 is 10.1 Å². The molecule has 148 valence electrons. The molecule has 0 radical (unpaired) electrons. The average Bonchev–Trinajstić information content (AvgIpc) is 2.80. The Labute approximate surface area is 174 Å². The van der Waals surface area contributed by atoms with Gasteiger partial charge in [-0.05, 0) is 59.2 Å². The summed E-state index contributed by atoms with van der Waals surface area (Å²) in [4.78, 5) is 16.9. The molecular formula is C25H20N2O3. The van der Waals surface area contributed by atoms with Crippen LogP contribution in [0.4, 0.5) is 5.69 Å². The molecule has 1 amide bonds. The van der Waals surface area contributed by atoms with Gasteiger partial charge in [-0.2, -0.15) is 0 Å². The maximum atomic E-state index is 12.9. The van der Waals surface area contributed by atoms with Gasteiger partial charge >= 0.3 is 0 Å². The third kappa shape index (κ3) is 4.00. The fourth-order valence-electron chi connectivity index (χ4n) is 3.29. The zero-order valence-corrected chi connectivity index (χ0v) is 16.4. The zero-order chi connectivity index (χ0) is 20.9. The van der Waals surface area contributed by atoms with Gasteiger partial charge in [-0.3, -0.25) is 9.78 Å². The molecule has 0 spiro atoms. The Hall–Kier alpha value is -4.12. The summed E-state index contributed by atoms with van der Waals surface area (Å²) in [5.41, 5.74) is 4.41. The van der Waals surface area contributed by atoms with Gasteiger partial charge in [0.05, 0.1) is 12.7 Å². The summed E-state index contributed by atoms with van der Waals surface area (Å²) >= 11 is 0. The summed E-state index contributed by atoms with van der Waals surface area (Å²) in [7, 11) is 1.63. The Kier molecular flexibility index (Phi) is 5.44. The Morgan fingerprint density at radius 1 is 0.867 bits per heavy atom. The van der Waals surface area contributed by atoms with Gasteiger partial charge in [0.15, 0.2) is 0 Å². The van der Waals surface area contributed by atoms with E-state index in [1.165, 1.54) is 6.07 Å². The van der Waals surface area contributed by atoms with Crippen molar-refractivity contribution in [3.63, 3.8) is 0 Å². The van der Waals surface area contributed by atoms with Gasteiger partial charge in [0.2, 0.25) is 0 Å². The zero-order valence-electron chi connectivity index (χ0n) is 16.4. The van der Waals surface area contributed by atoms with E-state index in [4.69, 9.17) is 4.74 Å². The molecule has 0 aliphatic carbocycles. The first-order valence-electron chi connectivity index (χ1n) is 9.44. The summed E-state index contributed by atoms with van der Waals surface area (Å²) in [5, 5.41) is 13.1. The van der Waals surface area contributed by atoms with Crippen molar-refractivity contribution in [2.75, 3.05) is 12.4 Å². The predicted octanol–water partition coefficient (Wildman–Crippen LogP) is 5.38. The predicted molar refractivity (Wildman–Crippen MR) is 118 cm³/mol. The molecule has 0 fully saturated rings. The number of amides is 1. The SMILES string of the molecule is COc1ccccc1-c1cccc(NC(=O)c2cc(-c3ccncc3)ccc2O)c1. The third-order valence-electron chi connectivity index (χ3n) is 4.79. The van der Waals surface area contributed by atoms with Crippen molar-refractivity contribution >= 4 is 11.6 Å². The highest BCUT2D eigenvalue weighted by molar-refractivity contribution is 6.07. The summed E-state index contributed by atoms with van der Waals surface area (Å²) < 4.78 is 5.44. The Balaban J connectivity index is 1.62. The lowest BCUT2D eigenvalue weighted by molar-refractivity contribution is 0.102. The summed E-state index contributed by atoms with van der Waals surface area (Å²) in [6, 6.07) is 23.9. The second kappa shape index (κ2) is 8.49. The number of carbonyl (C=O) groups is 1. The molecule has 4 aromatic rings. The lowest BCUT2D eigenvalue weighted by Crippen LogP contribution is -2.12. The Morgan fingerprint density at radius 2 is 1.67 bits per heavy atom. The number of rotatable bonds is 5. The van der Waals surface area contributed by atoms with Gasteiger partial charge in [0.1, 0.15) is 11.5 Å². The van der Waals surface area contributed by atoms with Crippen molar-refractivity contribution in [2.24, 2.45) is 0 Å². The standard InChI is InChI=1S/C25H20N2O3/c1-30-24-8-3-2-7-21(24)19-5-4-6-20(15-19)27-25(29)22-16-18(9-10-23(22)28)17-11-13-26-14-12-17/h2-16,28H,1H3,(H,27,29). The highest BCUT2D eigenvalue weighted by Gasteiger charge is 2.14. The number of para-hydroxylation sites is 1. The van der Waals surface area contributed by atoms with E-state index < -0.39 is 0 Å². The first kappa shape index (κ1) is 19.2. The minimum Gasteiger partial charge on any atom is -0.507 e. The second-order valence-corrected chi connectivity index (χ2v) is 6.70. The molecule has 0 saturated carbocycles. The maximum absolute atomic E-state index is 12.9. The van der Waals surface area contributed by atoms with Crippen LogP contribution in [0.25, 0.3) is 22.3 Å². The molecule has 3 aromatic carbocycles. The van der Waals surface area contributed by atoms with Crippen LogP contribution >= 0.6 is 0 Å². The van der Waals surface area contributed by atoms with Crippen LogP contribution in [0, 0.1) is 0 Å². The van der Waals surface area contributed by atoms with Crippen molar-refractivity contribution in [1.29, 1.82) is 0 Å². The van der Waals surface area contributed by atoms with E-state index in [0.29, 0.717) is 5.69 Å². The van der Waals surface area contributed by atoms with Gasteiger partial charge in [-0.25, -0.2) is 0 Å². The molecule has 0 bridgehead atoms. The number of aromatic nitrogens is 1. The Morgan fingerprint density at radius 3 is 2.47 bits per heavy atom. The van der Waals surface area contributed by atoms with Gasteiger partial charge < -0.3 is 15.2 Å². The van der Waals surface area contributed by atoms with Crippen molar-refractivity contribution in [3.05, 3.63) is 96.8 Å². The minimum absolute atomic E-state index is 0.0776. The van der Waals surface area contributed by atoms with Crippen molar-refractivity contribution < 1.29 is 14.6 Å². The topological polar surface area (TPSA) is 71.5 Å². The van der Waals surface area contributed by atoms with Crippen molar-refractivity contribution in [3.8, 4) is 33.8 Å². The number of methoxy groups -OCH3 is 1. The highest BCUT2D eigenvalue weighted by Crippen LogP contribution is 2.31. The van der Waals surface area contributed by atoms with E-state index in [1.54, 1.807) is 37.7 Å². The number of benzene rings is 3. The first-order chi connectivity index (χ1) is 14.7. The van der Waals surface area contributed by atoms with Gasteiger partial charge in [0, 0.05) is 23.6 Å². The first-order valence-corrected chi connectivity index (χ1v) is 9.44. The molecule has 0 saturated heterocycles. The summed E-state index contributed by atoms with van der Waals surface area (Å²) in [6.45, 7) is 0. The second-order valence-electron chi connectivity index (χ2n) is 6.70. The molecule has 0 aliphatic rings. The number of carbonyl (C=O) groups excluding carboxylic acids is 1. The van der Waals surface area contributed by atoms with E-state index in [2.05, 4.69) is 10.3 Å². The number of nitrogens with zero attached hydrogens (tertiary/aromatic N) is 1. The number of hydrogen-bond acceptors (Lipinski definition) is 4. The largest absolute Gasteiger partial charge is 0.507 e. The van der Waals surface area contributed by atoms with Gasteiger partial charge in [-0.1, -0.05) is 36.4 Å². The quantitative estimate of drug-likeness (QED) is 0.475. The van der Waals surface area contributed by atoms with Crippen LogP contribution in [0.5, 0.6) is 11.5 Å². The average molecular weight is 396 g/mol. The van der Waals surface area contributed by atoms with Crippen molar-refractivity contribution in [2.45, 2.75) is 0 Å². The molecule has 1 heterocycles. The molecule has 0 aliphatic heterocycles. The highest BCUT2D eigenvalue weighted by atomic mass is 16.5. The smallest absolute Gasteiger partial charge is 0.259 e. The van der Waals surface area contributed by atoms with Crippen LogP contribution in [-0.2, 0) is 0 Å². The van der Waals surface area contributed by atoms with E-state index in [0.717, 1.165) is 28.0 Å². The number of phenols is 1. The number of pyridine rings is 1. The minimum atomic E-state index is -0.388. The monoisotopic (exact) mass is 396 g/mol. The van der Waals surface area contributed by atoms with Crippen LogP contribution in [0.3, 0.4) is 0 Å². The molecule has 5 heteroatoms. The molecule has 0 atom stereocenters. The number of hydrogen-bond donors (Lipinski definition) is 2. The van der Waals surface area contributed by atoms with Crippen LogP contribution in [0.15, 0.2) is 91.3 Å². The van der Waals surface area contributed by atoms with Crippen LogP contribution in [-0.4, -0.2) is 23.1 Å². The molecule has 1 aromatic heterocycles. The third-order valence-corrected chi connectivity index (χ3v) is 4.79. The normalized spacial score (nSPS) is 10.4. The lowest BCUT2D eigenvalue weighted by Gasteiger charge is -2.12. The van der Waals surface area contributed by atoms with Crippen LogP contribution in [0.1, 0.15) is 10.4 Å². The fraction of sp³-hybridized carbons (Fsp3) is 0.0400. The fourth-order valence-corrected chi connectivity index (χ4v) is 3.29. The molecule has 2 N–H and O–H groups in total. The van der Waals surface area contributed by atoms with Crippen molar-refractivity contribution in [1.82, 2.24) is 4.98 Å². The molecule has 0 unspecified atom stereocenters. The number of anilines is 1. The number of aromatic hydroxyl groups is 1. The summed E-state index contributed by atoms with van der Waals surface area (Å²) in [5.74, 6) is 0.287. The van der Waals surface area contributed by atoms with Gasteiger partial charge in [-0.15, -0.1) is 0 Å². The van der Waals surface area contributed by atoms with E-state index in [1.807, 2.05) is 54.6 Å². The number of ether oxygens (including phenoxy) is 1. The maximum Gasteiger partial charge on any atom is 0.259 e. The van der Waals surface area contributed by atoms with Crippen LogP contribution in [0.2, 0.25) is 0 Å². The van der Waals surface area contributed by atoms with E-state index in [-0.39, 0.29) is 17.2 Å². The number of nitrogens with one attached hydrogen (secondary N) is 1. The number of phenolic OH excluding ortho intramolecular Hbond substituents is 1. The van der Waals surface area contributed by atoms with Gasteiger partial charge in [0.25, 0.3) is 5.91 Å². The lowest BCUT2D eigenvalue weighted by atomic mass is 10.0. The molecule has 30 heavy (non-hydrogen) atoms. The molecular weight excluding hydrogens is 376 g/mol. The summed E-state index contributed by atoms with van der Waals surface area (Å²) in [6.07, 6.45) is 3.37. The molecule has 5 nitrogen and oxygen atoms in total. The van der Waals surface area contributed by atoms with E-state index >= 15 is 0 Å². The van der Waals surface area contributed by atoms with E-state index in [9.17, 15) is 9.90 Å².